The van der Waals surface area contributed by atoms with Crippen molar-refractivity contribution in [3.8, 4) is 0 Å². The van der Waals surface area contributed by atoms with E-state index < -0.39 is 0 Å². The van der Waals surface area contributed by atoms with Gasteiger partial charge in [0, 0.05) is 44.3 Å². The third-order valence-corrected chi connectivity index (χ3v) is 6.56. The zero-order chi connectivity index (χ0) is 19.6. The molecule has 146 valence electrons. The minimum atomic E-state index is 0.0730. The SMILES string of the molecule is CCN(CC)C(=O)CN1CCC(c2c(C(=O)N(C)C)sc3ccccc23)C1. The van der Waals surface area contributed by atoms with Gasteiger partial charge in [0.15, 0.2) is 0 Å². The van der Waals surface area contributed by atoms with Crippen molar-refractivity contribution in [2.45, 2.75) is 26.2 Å². The van der Waals surface area contributed by atoms with Crippen LogP contribution in [0.25, 0.3) is 10.1 Å². The molecule has 6 heteroatoms. The van der Waals surface area contributed by atoms with Gasteiger partial charge < -0.3 is 9.80 Å². The molecule has 1 aromatic heterocycles. The predicted octanol–water partition coefficient (Wildman–Crippen LogP) is 3.26. The topological polar surface area (TPSA) is 43.9 Å². The Labute approximate surface area is 165 Å². The average molecular weight is 388 g/mol. The van der Waals surface area contributed by atoms with Crippen LogP contribution in [0.4, 0.5) is 0 Å². The minimum Gasteiger partial charge on any atom is -0.344 e. The quantitative estimate of drug-likeness (QED) is 0.764. The number of nitrogens with zero attached hydrogens (tertiary/aromatic N) is 3. The Bertz CT molecular complexity index is 826. The Hall–Kier alpha value is -1.92. The van der Waals surface area contributed by atoms with Gasteiger partial charge in [-0.25, -0.2) is 0 Å². The molecule has 0 N–H and O–H groups in total. The van der Waals surface area contributed by atoms with Crippen LogP contribution in [0.1, 0.15) is 41.4 Å². The molecule has 1 aliphatic rings. The Morgan fingerprint density at radius 1 is 1.19 bits per heavy atom. The molecule has 2 amide bonds. The highest BCUT2D eigenvalue weighted by atomic mass is 32.1. The van der Waals surface area contributed by atoms with E-state index in [2.05, 4.69) is 17.0 Å². The monoisotopic (exact) mass is 387 g/mol. The third kappa shape index (κ3) is 4.01. The molecule has 0 aliphatic carbocycles. The Morgan fingerprint density at radius 2 is 1.89 bits per heavy atom. The number of benzene rings is 1. The lowest BCUT2D eigenvalue weighted by Crippen LogP contribution is -2.39. The van der Waals surface area contributed by atoms with Crippen molar-refractivity contribution in [2.75, 3.05) is 46.8 Å². The zero-order valence-electron chi connectivity index (χ0n) is 16.7. The maximum absolute atomic E-state index is 12.8. The van der Waals surface area contributed by atoms with Gasteiger partial charge in [-0.3, -0.25) is 14.5 Å². The van der Waals surface area contributed by atoms with E-state index in [1.54, 1.807) is 30.3 Å². The number of likely N-dealkylation sites (N-methyl/N-ethyl adjacent to an activating group) is 1. The Balaban J connectivity index is 1.85. The molecule has 3 rings (SSSR count). The molecular weight excluding hydrogens is 358 g/mol. The van der Waals surface area contributed by atoms with Gasteiger partial charge in [0.2, 0.25) is 5.91 Å². The summed E-state index contributed by atoms with van der Waals surface area (Å²) < 4.78 is 1.16. The fraction of sp³-hybridized carbons (Fsp3) is 0.524. The predicted molar refractivity (Wildman–Crippen MR) is 112 cm³/mol. The maximum Gasteiger partial charge on any atom is 0.263 e. The fourth-order valence-electron chi connectivity index (χ4n) is 3.91. The second kappa shape index (κ2) is 8.40. The van der Waals surface area contributed by atoms with Crippen LogP contribution in [0.2, 0.25) is 0 Å². The normalized spacial score (nSPS) is 17.4. The number of carbonyl (C=O) groups is 2. The van der Waals surface area contributed by atoms with Gasteiger partial charge in [0.05, 0.1) is 11.4 Å². The standard InChI is InChI=1S/C21H29N3O2S/c1-5-24(6-2)18(25)14-23-12-11-15(13-23)19-16-9-7-8-10-17(16)27-20(19)21(26)22(3)4/h7-10,15H,5-6,11-14H2,1-4H3. The highest BCUT2D eigenvalue weighted by Gasteiger charge is 2.32. The second-order valence-electron chi connectivity index (χ2n) is 7.33. The van der Waals surface area contributed by atoms with Crippen LogP contribution in [-0.2, 0) is 4.79 Å². The molecule has 1 fully saturated rings. The van der Waals surface area contributed by atoms with Crippen LogP contribution in [0, 0.1) is 0 Å². The molecule has 27 heavy (non-hydrogen) atoms. The molecule has 0 bridgehead atoms. The highest BCUT2D eigenvalue weighted by molar-refractivity contribution is 7.21. The summed E-state index contributed by atoms with van der Waals surface area (Å²) in [6, 6.07) is 8.28. The van der Waals surface area contributed by atoms with E-state index in [0.29, 0.717) is 12.5 Å². The minimum absolute atomic E-state index is 0.0730. The first-order valence-corrected chi connectivity index (χ1v) is 10.5. The summed E-state index contributed by atoms with van der Waals surface area (Å²) in [7, 11) is 3.61. The van der Waals surface area contributed by atoms with Crippen LogP contribution in [0.3, 0.4) is 0 Å². The Kier molecular flexibility index (Phi) is 6.17. The molecule has 5 nitrogen and oxygen atoms in total. The van der Waals surface area contributed by atoms with E-state index in [1.807, 2.05) is 30.9 Å². The molecule has 1 aliphatic heterocycles. The van der Waals surface area contributed by atoms with Gasteiger partial charge in [-0.1, -0.05) is 18.2 Å². The molecule has 2 heterocycles. The molecular formula is C21H29N3O2S. The number of hydrogen-bond acceptors (Lipinski definition) is 4. The molecule has 1 aromatic carbocycles. The van der Waals surface area contributed by atoms with Crippen LogP contribution in [0.15, 0.2) is 24.3 Å². The molecule has 2 aromatic rings. The van der Waals surface area contributed by atoms with E-state index in [0.717, 1.165) is 42.2 Å². The molecule has 1 saturated heterocycles. The summed E-state index contributed by atoms with van der Waals surface area (Å²) in [6.07, 6.45) is 0.986. The number of rotatable bonds is 6. The number of fused-ring (bicyclic) bond motifs is 1. The second-order valence-corrected chi connectivity index (χ2v) is 8.38. The number of thiophene rings is 1. The van der Waals surface area contributed by atoms with E-state index in [9.17, 15) is 9.59 Å². The van der Waals surface area contributed by atoms with Crippen molar-refractivity contribution in [3.63, 3.8) is 0 Å². The van der Waals surface area contributed by atoms with E-state index in [1.165, 1.54) is 10.9 Å². The number of carbonyl (C=O) groups excluding carboxylic acids is 2. The Morgan fingerprint density at radius 3 is 2.56 bits per heavy atom. The summed E-state index contributed by atoms with van der Waals surface area (Å²) in [5.41, 5.74) is 1.17. The molecule has 0 spiro atoms. The first-order chi connectivity index (χ1) is 13.0. The molecule has 0 saturated carbocycles. The average Bonchev–Trinajstić information content (AvgIpc) is 3.25. The summed E-state index contributed by atoms with van der Waals surface area (Å²) >= 11 is 1.59. The van der Waals surface area contributed by atoms with Crippen molar-refractivity contribution in [2.24, 2.45) is 0 Å². The highest BCUT2D eigenvalue weighted by Crippen LogP contribution is 2.40. The molecule has 0 radical (unpaired) electrons. The van der Waals surface area contributed by atoms with Crippen LogP contribution in [-0.4, -0.2) is 73.3 Å². The zero-order valence-corrected chi connectivity index (χ0v) is 17.5. The van der Waals surface area contributed by atoms with Crippen molar-refractivity contribution in [1.82, 2.24) is 14.7 Å². The van der Waals surface area contributed by atoms with Gasteiger partial charge in [0.1, 0.15) is 0 Å². The maximum atomic E-state index is 12.8. The van der Waals surface area contributed by atoms with Crippen LogP contribution in [0.5, 0.6) is 0 Å². The van der Waals surface area contributed by atoms with Gasteiger partial charge in [-0.05, 0) is 43.8 Å². The first-order valence-electron chi connectivity index (χ1n) is 9.69. The van der Waals surface area contributed by atoms with Crippen molar-refractivity contribution in [3.05, 3.63) is 34.7 Å². The third-order valence-electron chi connectivity index (χ3n) is 5.39. The number of likely N-dealkylation sites (tertiary alicyclic amines) is 1. The molecule has 1 unspecified atom stereocenters. The lowest BCUT2D eigenvalue weighted by atomic mass is 9.95. The van der Waals surface area contributed by atoms with Crippen molar-refractivity contribution in [1.29, 1.82) is 0 Å². The summed E-state index contributed by atoms with van der Waals surface area (Å²) in [5, 5.41) is 1.19. The van der Waals surface area contributed by atoms with Crippen LogP contribution < -0.4 is 0 Å². The fourth-order valence-corrected chi connectivity index (χ4v) is 5.22. The lowest BCUT2D eigenvalue weighted by molar-refractivity contribution is -0.131. The van der Waals surface area contributed by atoms with E-state index in [4.69, 9.17) is 0 Å². The number of amides is 2. The molecule has 1 atom stereocenters. The van der Waals surface area contributed by atoms with Gasteiger partial charge in [0.25, 0.3) is 5.91 Å². The van der Waals surface area contributed by atoms with Crippen LogP contribution >= 0.6 is 11.3 Å². The van der Waals surface area contributed by atoms with E-state index in [-0.39, 0.29) is 11.8 Å². The van der Waals surface area contributed by atoms with Gasteiger partial charge in [-0.15, -0.1) is 11.3 Å². The summed E-state index contributed by atoms with van der Waals surface area (Å²) in [4.78, 5) is 31.9. The van der Waals surface area contributed by atoms with E-state index >= 15 is 0 Å². The summed E-state index contributed by atoms with van der Waals surface area (Å²) in [6.45, 7) is 7.75. The first kappa shape index (κ1) is 19.8. The van der Waals surface area contributed by atoms with Crippen molar-refractivity contribution < 1.29 is 9.59 Å². The van der Waals surface area contributed by atoms with Gasteiger partial charge >= 0.3 is 0 Å². The largest absolute Gasteiger partial charge is 0.344 e. The summed E-state index contributed by atoms with van der Waals surface area (Å²) in [5.74, 6) is 0.564. The lowest BCUT2D eigenvalue weighted by Gasteiger charge is -2.23. The van der Waals surface area contributed by atoms with Gasteiger partial charge in [-0.2, -0.15) is 0 Å². The smallest absolute Gasteiger partial charge is 0.263 e. The van der Waals surface area contributed by atoms with Crippen molar-refractivity contribution >= 4 is 33.2 Å². The number of hydrogen-bond donors (Lipinski definition) is 0.